The van der Waals surface area contributed by atoms with Gasteiger partial charge in [-0.3, -0.25) is 9.52 Å². The van der Waals surface area contributed by atoms with Crippen molar-refractivity contribution in [2.45, 2.75) is 0 Å². The third kappa shape index (κ3) is 4.20. The number of rotatable bonds is 7. The predicted molar refractivity (Wildman–Crippen MR) is 95.2 cm³/mol. The lowest BCUT2D eigenvalue weighted by atomic mass is 10.2. The van der Waals surface area contributed by atoms with E-state index in [9.17, 15) is 22.0 Å². The Kier molecular flexibility index (Phi) is 5.31. The van der Waals surface area contributed by atoms with Gasteiger partial charge in [0.2, 0.25) is 29.1 Å². The minimum atomic E-state index is -2.79. The molecule has 0 aliphatic carbocycles. The lowest BCUT2D eigenvalue weighted by Crippen LogP contribution is -1.99. The summed E-state index contributed by atoms with van der Waals surface area (Å²) in [6.07, 6.45) is 0.336. The minimum Gasteiger partial charge on any atom is -0.418 e. The van der Waals surface area contributed by atoms with Crippen LogP contribution in [0.5, 0.6) is 0 Å². The van der Waals surface area contributed by atoms with E-state index >= 15 is 0 Å². The monoisotopic (exact) mass is 394 g/mol. The van der Waals surface area contributed by atoms with Crippen LogP contribution in [0.25, 0.3) is 11.5 Å². The van der Waals surface area contributed by atoms with Crippen LogP contribution in [0.1, 0.15) is 0 Å². The van der Waals surface area contributed by atoms with Crippen molar-refractivity contribution in [2.75, 3.05) is 15.4 Å². The number of benzene rings is 2. The van der Waals surface area contributed by atoms with Gasteiger partial charge in [0.05, 0.1) is 0 Å². The van der Waals surface area contributed by atoms with Crippen molar-refractivity contribution in [3.63, 3.8) is 0 Å². The second-order valence-corrected chi connectivity index (χ2v) is 5.86. The number of halogens is 2. The summed E-state index contributed by atoms with van der Waals surface area (Å²) >= 11 is 0. The first kappa shape index (κ1) is 18.3. The Morgan fingerprint density at radius 1 is 1.00 bits per heavy atom. The third-order valence-corrected chi connectivity index (χ3v) is 3.80. The van der Waals surface area contributed by atoms with Crippen molar-refractivity contribution in [1.82, 2.24) is 4.98 Å². The first-order valence-corrected chi connectivity index (χ1v) is 8.59. The van der Waals surface area contributed by atoms with E-state index in [1.54, 1.807) is 0 Å². The summed E-state index contributed by atoms with van der Waals surface area (Å²) in [4.78, 5) is 14.7. The highest BCUT2D eigenvalue weighted by molar-refractivity contribution is 7.73. The summed E-state index contributed by atoms with van der Waals surface area (Å²) in [5, 5.41) is 5.07. The number of carbonyl (C=O) groups is 1. The van der Waals surface area contributed by atoms with Crippen LogP contribution >= 0.6 is 0 Å². The summed E-state index contributed by atoms with van der Waals surface area (Å²) in [7, 11) is -2.79. The number of oxazole rings is 1. The average Bonchev–Trinajstić information content (AvgIpc) is 2.98. The molecule has 1 aromatic heterocycles. The predicted octanol–water partition coefficient (Wildman–Crippen LogP) is 2.87. The van der Waals surface area contributed by atoms with E-state index in [1.807, 2.05) is 0 Å². The number of hydrogen-bond acceptors (Lipinski definition) is 6. The number of nitrogens with zero attached hydrogens (tertiary/aromatic N) is 1. The van der Waals surface area contributed by atoms with Crippen LogP contribution in [0.4, 0.5) is 31.9 Å². The van der Waals surface area contributed by atoms with Crippen LogP contribution in [0.2, 0.25) is 0 Å². The zero-order valence-corrected chi connectivity index (χ0v) is 14.3. The first-order chi connectivity index (χ1) is 13.0. The molecule has 0 bridgehead atoms. The molecule has 0 fully saturated rings. The Balaban J connectivity index is 1.93. The molecular formula is C16H12F2N4O4S. The van der Waals surface area contributed by atoms with Gasteiger partial charge < -0.3 is 15.1 Å². The van der Waals surface area contributed by atoms with Crippen LogP contribution in [0.15, 0.2) is 46.9 Å². The summed E-state index contributed by atoms with van der Waals surface area (Å²) in [5.74, 6) is -2.24. The summed E-state index contributed by atoms with van der Waals surface area (Å²) in [5.41, 5.74) is 0.320. The summed E-state index contributed by atoms with van der Waals surface area (Å²) in [6, 6.07) is 9.31. The Hall–Kier alpha value is -3.47. The number of carbonyl (C=O) groups excluding carboxylic acids is 1. The number of aromatic nitrogens is 1. The topological polar surface area (TPSA) is 113 Å². The zero-order valence-electron chi connectivity index (χ0n) is 13.4. The van der Waals surface area contributed by atoms with Gasteiger partial charge in [-0.1, -0.05) is 6.07 Å². The molecule has 0 unspecified atom stereocenters. The van der Waals surface area contributed by atoms with Crippen LogP contribution in [-0.2, 0) is 15.7 Å². The van der Waals surface area contributed by atoms with E-state index in [0.29, 0.717) is 17.8 Å². The maximum atomic E-state index is 13.9. The fraction of sp³-hybridized carbons (Fsp3) is 0. The molecule has 0 radical (unpaired) electrons. The van der Waals surface area contributed by atoms with Crippen molar-refractivity contribution in [3.05, 3.63) is 54.1 Å². The van der Waals surface area contributed by atoms with Gasteiger partial charge in [-0.2, -0.15) is 4.98 Å². The van der Waals surface area contributed by atoms with Gasteiger partial charge >= 0.3 is 0 Å². The lowest BCUT2D eigenvalue weighted by Gasteiger charge is -2.05. The molecule has 2 aromatic carbocycles. The van der Waals surface area contributed by atoms with Gasteiger partial charge in [0.25, 0.3) is 0 Å². The Bertz CT molecular complexity index is 1020. The number of thiol groups is 1. The van der Waals surface area contributed by atoms with Gasteiger partial charge in [-0.05, 0) is 36.4 Å². The maximum absolute atomic E-state index is 13.9. The Labute approximate surface area is 153 Å². The van der Waals surface area contributed by atoms with Gasteiger partial charge in [0.1, 0.15) is 17.2 Å². The van der Waals surface area contributed by atoms with E-state index in [1.165, 1.54) is 30.3 Å². The van der Waals surface area contributed by atoms with Crippen molar-refractivity contribution >= 4 is 40.4 Å². The van der Waals surface area contributed by atoms with E-state index in [-0.39, 0.29) is 17.6 Å². The van der Waals surface area contributed by atoms with Gasteiger partial charge in [-0.25, -0.2) is 17.2 Å². The van der Waals surface area contributed by atoms with Crippen molar-refractivity contribution in [3.8, 4) is 11.5 Å². The molecule has 1 heterocycles. The van der Waals surface area contributed by atoms with E-state index in [4.69, 9.17) is 4.42 Å². The van der Waals surface area contributed by atoms with Crippen molar-refractivity contribution in [2.24, 2.45) is 0 Å². The molecule has 0 aliphatic rings. The van der Waals surface area contributed by atoms with Crippen molar-refractivity contribution < 1.29 is 26.4 Å². The highest BCUT2D eigenvalue weighted by Gasteiger charge is 2.20. The largest absolute Gasteiger partial charge is 0.418 e. The molecule has 0 saturated heterocycles. The Morgan fingerprint density at radius 3 is 2.22 bits per heavy atom. The molecule has 3 rings (SSSR count). The van der Waals surface area contributed by atoms with Crippen LogP contribution in [0, 0.1) is 11.6 Å². The first-order valence-electron chi connectivity index (χ1n) is 7.41. The van der Waals surface area contributed by atoms with Crippen LogP contribution in [0.3, 0.4) is 0 Å². The number of hydrogen-bond donors (Lipinski definition) is 4. The Morgan fingerprint density at radius 2 is 1.63 bits per heavy atom. The molecule has 0 atom stereocenters. The highest BCUT2D eigenvalue weighted by atomic mass is 32.2. The van der Waals surface area contributed by atoms with Gasteiger partial charge in [-0.15, -0.1) is 0 Å². The normalized spacial score (nSPS) is 10.6. The smallest absolute Gasteiger partial charge is 0.243 e. The number of nitrogens with one attached hydrogen (secondary N) is 3. The standard InChI is InChI=1S/C16H12F2N4O4S/c17-11-2-1-3-12(18)13(11)15-21-14(19-8-23)16(26-15)20-9-4-6-10(7-5-9)22-27(24)25/h1-8,20,27H,(H,19,23)(H,22,24,25). The summed E-state index contributed by atoms with van der Waals surface area (Å²) in [6.45, 7) is 0. The van der Waals surface area contributed by atoms with E-state index in [0.717, 1.165) is 12.1 Å². The molecular weight excluding hydrogens is 382 g/mol. The molecule has 0 aliphatic heterocycles. The SMILES string of the molecule is O=CNc1nc(-c2c(F)cccc2F)oc1Nc1ccc(N[SH](=O)=O)cc1. The van der Waals surface area contributed by atoms with Crippen molar-refractivity contribution in [1.29, 1.82) is 0 Å². The molecule has 8 nitrogen and oxygen atoms in total. The molecule has 27 heavy (non-hydrogen) atoms. The molecule has 3 N–H and O–H groups in total. The fourth-order valence-electron chi connectivity index (χ4n) is 2.23. The molecule has 0 spiro atoms. The second kappa shape index (κ2) is 7.83. The minimum absolute atomic E-state index is 0.0598. The fourth-order valence-corrected chi connectivity index (χ4v) is 2.59. The molecule has 11 heteroatoms. The molecule has 140 valence electrons. The summed E-state index contributed by atoms with van der Waals surface area (Å²) < 4.78 is 56.7. The third-order valence-electron chi connectivity index (χ3n) is 3.36. The molecule has 1 amide bonds. The number of amides is 1. The lowest BCUT2D eigenvalue weighted by molar-refractivity contribution is -0.105. The van der Waals surface area contributed by atoms with Crippen LogP contribution < -0.4 is 15.4 Å². The van der Waals surface area contributed by atoms with Gasteiger partial charge in [0, 0.05) is 11.4 Å². The average molecular weight is 394 g/mol. The van der Waals surface area contributed by atoms with E-state index in [2.05, 4.69) is 20.3 Å². The second-order valence-electron chi connectivity index (χ2n) is 5.13. The van der Waals surface area contributed by atoms with E-state index < -0.39 is 28.1 Å². The van der Waals surface area contributed by atoms with Gasteiger partial charge in [0.15, 0.2) is 5.82 Å². The zero-order chi connectivity index (χ0) is 19.4. The molecule has 0 saturated carbocycles. The quantitative estimate of drug-likeness (QED) is 0.362. The number of anilines is 4. The maximum Gasteiger partial charge on any atom is 0.243 e. The van der Waals surface area contributed by atoms with Crippen LogP contribution in [-0.4, -0.2) is 19.8 Å². The molecule has 3 aromatic rings. The highest BCUT2D eigenvalue weighted by Crippen LogP contribution is 2.33.